The van der Waals surface area contributed by atoms with Crippen molar-refractivity contribution in [2.75, 3.05) is 12.4 Å². The summed E-state index contributed by atoms with van der Waals surface area (Å²) in [5.74, 6) is 0.257. The number of carbonyl (C=O) groups excluding carboxylic acids is 1. The van der Waals surface area contributed by atoms with Crippen molar-refractivity contribution >= 4 is 34.1 Å². The molecule has 2 heterocycles. The van der Waals surface area contributed by atoms with Gasteiger partial charge in [-0.15, -0.1) is 0 Å². The lowest BCUT2D eigenvalue weighted by atomic mass is 10.0. The van der Waals surface area contributed by atoms with E-state index in [1.54, 1.807) is 43.8 Å². The van der Waals surface area contributed by atoms with Crippen molar-refractivity contribution in [2.45, 2.75) is 0 Å². The molecular formula is C22H16ClN3O2. The van der Waals surface area contributed by atoms with Crippen molar-refractivity contribution in [3.05, 3.63) is 83.6 Å². The first-order valence-electron chi connectivity index (χ1n) is 8.61. The molecule has 0 aliphatic rings. The van der Waals surface area contributed by atoms with Crippen molar-refractivity contribution < 1.29 is 9.53 Å². The summed E-state index contributed by atoms with van der Waals surface area (Å²) in [6.45, 7) is 0. The van der Waals surface area contributed by atoms with Crippen LogP contribution in [-0.2, 0) is 0 Å². The third kappa shape index (κ3) is 3.52. The summed E-state index contributed by atoms with van der Waals surface area (Å²) in [7, 11) is 1.54. The average molecular weight is 390 g/mol. The van der Waals surface area contributed by atoms with Crippen LogP contribution in [0.4, 0.5) is 5.69 Å². The normalized spacial score (nSPS) is 10.6. The maximum Gasteiger partial charge on any atom is 0.256 e. The molecule has 0 fully saturated rings. The van der Waals surface area contributed by atoms with E-state index < -0.39 is 0 Å². The molecule has 2 aromatic carbocycles. The zero-order valence-electron chi connectivity index (χ0n) is 15.0. The van der Waals surface area contributed by atoms with Crippen molar-refractivity contribution in [2.24, 2.45) is 0 Å². The highest BCUT2D eigenvalue weighted by Gasteiger charge is 2.16. The molecule has 0 aliphatic heterocycles. The van der Waals surface area contributed by atoms with E-state index in [-0.39, 0.29) is 5.91 Å². The van der Waals surface area contributed by atoms with Crippen molar-refractivity contribution in [3.8, 4) is 17.0 Å². The molecule has 0 bridgehead atoms. The fourth-order valence-corrected chi connectivity index (χ4v) is 3.17. The maximum absolute atomic E-state index is 13.1. The molecule has 6 heteroatoms. The van der Waals surface area contributed by atoms with Gasteiger partial charge in [-0.2, -0.15) is 0 Å². The molecule has 1 N–H and O–H groups in total. The Morgan fingerprint density at radius 1 is 1.07 bits per heavy atom. The van der Waals surface area contributed by atoms with Gasteiger partial charge in [0.15, 0.2) is 0 Å². The van der Waals surface area contributed by atoms with E-state index in [1.807, 2.05) is 36.4 Å². The molecule has 0 saturated carbocycles. The number of para-hydroxylation sites is 1. The van der Waals surface area contributed by atoms with Gasteiger partial charge in [-0.05, 0) is 42.5 Å². The summed E-state index contributed by atoms with van der Waals surface area (Å²) >= 11 is 6.08. The zero-order valence-corrected chi connectivity index (χ0v) is 15.8. The second-order valence-corrected chi connectivity index (χ2v) is 6.55. The van der Waals surface area contributed by atoms with E-state index in [9.17, 15) is 4.79 Å². The van der Waals surface area contributed by atoms with Crippen LogP contribution in [0.5, 0.6) is 5.75 Å². The number of fused-ring (bicyclic) bond motifs is 1. The van der Waals surface area contributed by atoms with Crippen molar-refractivity contribution in [1.82, 2.24) is 9.97 Å². The summed E-state index contributed by atoms with van der Waals surface area (Å²) in [4.78, 5) is 22.0. The van der Waals surface area contributed by atoms with Crippen LogP contribution in [0.15, 0.2) is 73.1 Å². The van der Waals surface area contributed by atoms with E-state index in [0.29, 0.717) is 27.7 Å². The average Bonchev–Trinajstić information content (AvgIpc) is 2.73. The number of halogens is 1. The molecule has 4 aromatic rings. The Morgan fingerprint density at radius 3 is 2.71 bits per heavy atom. The second-order valence-electron chi connectivity index (χ2n) is 6.11. The Hall–Kier alpha value is -3.44. The number of anilines is 1. The molecule has 28 heavy (non-hydrogen) atoms. The Labute approximate surface area is 167 Å². The number of hydrogen-bond donors (Lipinski definition) is 1. The molecule has 0 spiro atoms. The number of amides is 1. The fourth-order valence-electron chi connectivity index (χ4n) is 2.99. The van der Waals surface area contributed by atoms with E-state index in [4.69, 9.17) is 16.3 Å². The number of nitrogens with one attached hydrogen (secondary N) is 1. The first-order valence-corrected chi connectivity index (χ1v) is 8.98. The maximum atomic E-state index is 13.1. The third-order valence-corrected chi connectivity index (χ3v) is 4.56. The summed E-state index contributed by atoms with van der Waals surface area (Å²) in [5.41, 5.74) is 3.25. The van der Waals surface area contributed by atoms with Crippen LogP contribution in [-0.4, -0.2) is 23.0 Å². The highest BCUT2D eigenvalue weighted by Crippen LogP contribution is 2.30. The Balaban J connectivity index is 1.81. The van der Waals surface area contributed by atoms with Crippen molar-refractivity contribution in [1.29, 1.82) is 0 Å². The number of pyridine rings is 2. The number of aromatic nitrogens is 2. The molecule has 4 rings (SSSR count). The molecule has 0 atom stereocenters. The van der Waals surface area contributed by atoms with E-state index >= 15 is 0 Å². The minimum atomic E-state index is -0.274. The SMILES string of the molecule is COc1ccc(Cl)cc1NC(=O)c1cc(-c2cccnc2)nc2ccccc12. The first-order chi connectivity index (χ1) is 13.7. The summed E-state index contributed by atoms with van der Waals surface area (Å²) < 4.78 is 5.32. The van der Waals surface area contributed by atoms with Gasteiger partial charge in [0, 0.05) is 28.4 Å². The number of benzene rings is 2. The molecule has 0 aliphatic carbocycles. The summed E-state index contributed by atoms with van der Waals surface area (Å²) in [5, 5.41) is 4.16. The molecule has 0 radical (unpaired) electrons. The number of rotatable bonds is 4. The van der Waals surface area contributed by atoms with Gasteiger partial charge in [-0.1, -0.05) is 29.8 Å². The largest absolute Gasteiger partial charge is 0.495 e. The minimum absolute atomic E-state index is 0.274. The second kappa shape index (κ2) is 7.66. The van der Waals surface area contributed by atoms with Crippen molar-refractivity contribution in [3.63, 3.8) is 0 Å². The monoisotopic (exact) mass is 389 g/mol. The molecule has 138 valence electrons. The fraction of sp³-hybridized carbons (Fsp3) is 0.0455. The molecule has 2 aromatic heterocycles. The molecule has 0 saturated heterocycles. The lowest BCUT2D eigenvalue weighted by Crippen LogP contribution is -2.14. The Bertz CT molecular complexity index is 1160. The van der Waals surface area contributed by atoms with E-state index in [1.165, 1.54) is 0 Å². The highest BCUT2D eigenvalue weighted by molar-refractivity contribution is 6.31. The van der Waals surface area contributed by atoms with Crippen LogP contribution in [0.1, 0.15) is 10.4 Å². The predicted octanol–water partition coefficient (Wildman–Crippen LogP) is 5.21. The molecular weight excluding hydrogens is 374 g/mol. The summed E-state index contributed by atoms with van der Waals surface area (Å²) in [6.07, 6.45) is 3.42. The van der Waals surface area contributed by atoms with Crippen LogP contribution in [0.25, 0.3) is 22.2 Å². The zero-order chi connectivity index (χ0) is 19.5. The first kappa shape index (κ1) is 17.9. The highest BCUT2D eigenvalue weighted by atomic mass is 35.5. The van der Waals surface area contributed by atoms with Crippen LogP contribution in [0.3, 0.4) is 0 Å². The summed E-state index contributed by atoms with van der Waals surface area (Å²) in [6, 6.07) is 18.1. The molecule has 5 nitrogen and oxygen atoms in total. The van der Waals surface area contributed by atoms with Crippen LogP contribution in [0.2, 0.25) is 5.02 Å². The van der Waals surface area contributed by atoms with Crippen LogP contribution >= 0.6 is 11.6 Å². The molecule has 1 amide bonds. The lowest BCUT2D eigenvalue weighted by molar-refractivity contribution is 0.102. The Morgan fingerprint density at radius 2 is 1.93 bits per heavy atom. The third-order valence-electron chi connectivity index (χ3n) is 4.33. The lowest BCUT2D eigenvalue weighted by Gasteiger charge is -2.13. The quantitative estimate of drug-likeness (QED) is 0.520. The van der Waals surface area contributed by atoms with Gasteiger partial charge in [0.25, 0.3) is 5.91 Å². The number of hydrogen-bond acceptors (Lipinski definition) is 4. The standard InChI is InChI=1S/C22H16ClN3O2/c1-28-21-9-8-15(23)11-20(21)26-22(27)17-12-19(14-5-4-10-24-13-14)25-18-7-3-2-6-16(17)18/h2-13H,1H3,(H,26,27). The van der Waals surface area contributed by atoms with Crippen LogP contribution < -0.4 is 10.1 Å². The van der Waals surface area contributed by atoms with Gasteiger partial charge >= 0.3 is 0 Å². The van der Waals surface area contributed by atoms with Gasteiger partial charge < -0.3 is 10.1 Å². The molecule has 0 unspecified atom stereocenters. The number of methoxy groups -OCH3 is 1. The minimum Gasteiger partial charge on any atom is -0.495 e. The smallest absolute Gasteiger partial charge is 0.256 e. The van der Waals surface area contributed by atoms with E-state index in [0.717, 1.165) is 16.5 Å². The topological polar surface area (TPSA) is 64.1 Å². The van der Waals surface area contributed by atoms with Gasteiger partial charge in [-0.25, -0.2) is 4.98 Å². The van der Waals surface area contributed by atoms with Crippen LogP contribution in [0, 0.1) is 0 Å². The number of carbonyl (C=O) groups is 1. The van der Waals surface area contributed by atoms with Gasteiger partial charge in [-0.3, -0.25) is 9.78 Å². The number of ether oxygens (including phenoxy) is 1. The van der Waals surface area contributed by atoms with Gasteiger partial charge in [0.1, 0.15) is 5.75 Å². The number of nitrogens with zero attached hydrogens (tertiary/aromatic N) is 2. The Kier molecular flexibility index (Phi) is 4.91. The van der Waals surface area contributed by atoms with Gasteiger partial charge in [0.2, 0.25) is 0 Å². The van der Waals surface area contributed by atoms with Gasteiger partial charge in [0.05, 0.1) is 29.6 Å². The predicted molar refractivity (Wildman–Crippen MR) is 111 cm³/mol. The van der Waals surface area contributed by atoms with E-state index in [2.05, 4.69) is 15.3 Å².